The summed E-state index contributed by atoms with van der Waals surface area (Å²) >= 11 is 0. The van der Waals surface area contributed by atoms with Crippen molar-refractivity contribution in [3.05, 3.63) is 64.3 Å². The molecule has 0 saturated heterocycles. The molecular weight excluding hydrogens is 813 g/mol. The fraction of sp³-hybridized carbons (Fsp3) is 0.575. The number of amides is 1. The summed E-state index contributed by atoms with van der Waals surface area (Å²) in [4.78, 5) is 23.3. The van der Waals surface area contributed by atoms with Gasteiger partial charge in [0.15, 0.2) is 0 Å². The van der Waals surface area contributed by atoms with Crippen LogP contribution >= 0.6 is 15.4 Å². The maximum absolute atomic E-state index is 14.4. The standard InChI is InChI=1S/C40H56F3N5O9P2/c1-11-53-58(50,54-12-2)24-25-13-19-31(33(21-25)52-10)46-37-44-22-30(40(41,42)43)35(47-37)45-32-20-18-28(29-23-48(9)36(49)34(29)32)26-14-16-27(17-15-26)55-59(51,56-38(3,4)5)57-39(6,7)8/h13,18-22,26-27H,11-12,14-17,23-24H2,1-10H3,(H2,44,45,46,47). The van der Waals surface area contributed by atoms with Crippen molar-refractivity contribution >= 4 is 44.5 Å². The van der Waals surface area contributed by atoms with E-state index >= 15 is 0 Å². The van der Waals surface area contributed by atoms with Crippen LogP contribution in [0.5, 0.6) is 5.75 Å². The Hall–Kier alpha value is -3.56. The van der Waals surface area contributed by atoms with Crippen LogP contribution in [-0.2, 0) is 50.6 Å². The first-order valence-electron chi connectivity index (χ1n) is 19.6. The second-order valence-electron chi connectivity index (χ2n) is 16.5. The number of nitrogens with one attached hydrogen (secondary N) is 2. The Morgan fingerprint density at radius 2 is 1.49 bits per heavy atom. The molecule has 3 aromatic rings. The quantitative estimate of drug-likeness (QED) is 0.131. The Labute approximate surface area is 344 Å². The number of nitrogens with zero attached hydrogens (tertiary/aromatic N) is 3. The number of phosphoric acid groups is 1. The number of fused-ring (bicyclic) bond motifs is 1. The first-order chi connectivity index (χ1) is 27.4. The van der Waals surface area contributed by atoms with Crippen LogP contribution in [0.25, 0.3) is 0 Å². The van der Waals surface area contributed by atoms with E-state index in [4.69, 9.17) is 27.4 Å². The van der Waals surface area contributed by atoms with Crippen LogP contribution in [0, 0.1) is 0 Å². The van der Waals surface area contributed by atoms with E-state index in [1.807, 2.05) is 6.07 Å². The third-order valence-electron chi connectivity index (χ3n) is 9.36. The maximum Gasteiger partial charge on any atom is 0.476 e. The number of halogens is 3. The van der Waals surface area contributed by atoms with Gasteiger partial charge in [-0.2, -0.15) is 18.2 Å². The lowest BCUT2D eigenvalue weighted by atomic mass is 9.80. The predicted octanol–water partition coefficient (Wildman–Crippen LogP) is 11.1. The van der Waals surface area contributed by atoms with E-state index in [1.165, 1.54) is 12.0 Å². The molecule has 0 bridgehead atoms. The van der Waals surface area contributed by atoms with Crippen molar-refractivity contribution in [3.63, 3.8) is 0 Å². The van der Waals surface area contributed by atoms with Crippen molar-refractivity contribution in [2.45, 2.75) is 123 Å². The van der Waals surface area contributed by atoms with E-state index in [9.17, 15) is 27.1 Å². The number of rotatable bonds is 16. The molecule has 0 unspecified atom stereocenters. The zero-order valence-electron chi connectivity index (χ0n) is 35.3. The van der Waals surface area contributed by atoms with Crippen molar-refractivity contribution in [2.75, 3.05) is 38.0 Å². The van der Waals surface area contributed by atoms with Crippen molar-refractivity contribution < 1.29 is 54.5 Å². The molecule has 1 amide bonds. The van der Waals surface area contributed by atoms with E-state index in [0.29, 0.717) is 48.7 Å². The van der Waals surface area contributed by atoms with Crippen LogP contribution in [0.4, 0.5) is 36.3 Å². The number of ether oxygens (including phenoxy) is 1. The molecular formula is C40H56F3N5O9P2. The highest BCUT2D eigenvalue weighted by Crippen LogP contribution is 2.58. The number of hydrogen-bond acceptors (Lipinski definition) is 13. The van der Waals surface area contributed by atoms with Crippen molar-refractivity contribution in [1.29, 1.82) is 0 Å². The molecule has 2 heterocycles. The highest BCUT2D eigenvalue weighted by atomic mass is 31.2. The molecule has 0 spiro atoms. The summed E-state index contributed by atoms with van der Waals surface area (Å²) in [6.07, 6.45) is -2.18. The summed E-state index contributed by atoms with van der Waals surface area (Å²) in [6.45, 7) is 14.8. The SMILES string of the molecule is CCOP(=O)(Cc1ccc(Nc2ncc(C(F)(F)F)c(Nc3ccc(C4CCC(OP(=O)(OC(C)(C)C)OC(C)(C)C)CC4)c4c3C(=O)N(C)C4)n2)c(OC)c1)OCC. The Morgan fingerprint density at radius 1 is 0.881 bits per heavy atom. The lowest BCUT2D eigenvalue weighted by Crippen LogP contribution is -2.28. The van der Waals surface area contributed by atoms with E-state index in [2.05, 4.69) is 20.6 Å². The second-order valence-corrected chi connectivity index (χ2v) is 20.0. The zero-order chi connectivity index (χ0) is 43.6. The minimum atomic E-state index is -4.83. The molecule has 2 aliphatic rings. The Balaban J connectivity index is 1.39. The molecule has 1 aromatic heterocycles. The van der Waals surface area contributed by atoms with Gasteiger partial charge in [-0.05, 0) is 122 Å². The lowest BCUT2D eigenvalue weighted by molar-refractivity contribution is -0.137. The van der Waals surface area contributed by atoms with Crippen LogP contribution in [0.1, 0.15) is 120 Å². The number of benzene rings is 2. The maximum atomic E-state index is 14.4. The first kappa shape index (κ1) is 46.5. The number of methoxy groups -OCH3 is 1. The molecule has 5 rings (SSSR count). The molecule has 1 aliphatic carbocycles. The predicted molar refractivity (Wildman–Crippen MR) is 219 cm³/mol. The molecule has 19 heteroatoms. The van der Waals surface area contributed by atoms with Crippen molar-refractivity contribution in [2.24, 2.45) is 0 Å². The Morgan fingerprint density at radius 3 is 2.05 bits per heavy atom. The summed E-state index contributed by atoms with van der Waals surface area (Å²) in [7, 11) is -4.30. The molecule has 326 valence electrons. The smallest absolute Gasteiger partial charge is 0.476 e. The van der Waals surface area contributed by atoms with Gasteiger partial charge in [-0.3, -0.25) is 22.9 Å². The number of anilines is 4. The third kappa shape index (κ3) is 12.1. The van der Waals surface area contributed by atoms with Crippen molar-refractivity contribution in [1.82, 2.24) is 14.9 Å². The van der Waals surface area contributed by atoms with Gasteiger partial charge in [-0.25, -0.2) is 9.55 Å². The highest BCUT2D eigenvalue weighted by Gasteiger charge is 2.42. The third-order valence-corrected chi connectivity index (χ3v) is 13.5. The van der Waals surface area contributed by atoms with E-state index in [0.717, 1.165) is 5.56 Å². The van der Waals surface area contributed by atoms with Crippen molar-refractivity contribution in [3.8, 4) is 5.75 Å². The van der Waals surface area contributed by atoms with E-state index in [1.54, 1.807) is 86.7 Å². The summed E-state index contributed by atoms with van der Waals surface area (Å²) in [5.41, 5.74) is 0.293. The number of carbonyl (C=O) groups excluding carboxylic acids is 1. The molecule has 2 N–H and O–H groups in total. The van der Waals surface area contributed by atoms with Gasteiger partial charge in [-0.1, -0.05) is 12.1 Å². The van der Waals surface area contributed by atoms with Crippen LogP contribution in [0.3, 0.4) is 0 Å². The molecule has 1 fully saturated rings. The molecule has 2 aromatic carbocycles. The number of hydrogen-bond donors (Lipinski definition) is 2. The average Bonchev–Trinajstić information content (AvgIpc) is 3.41. The largest absolute Gasteiger partial charge is 0.495 e. The monoisotopic (exact) mass is 869 g/mol. The minimum Gasteiger partial charge on any atom is -0.495 e. The zero-order valence-corrected chi connectivity index (χ0v) is 37.1. The fourth-order valence-electron chi connectivity index (χ4n) is 7.13. The van der Waals surface area contributed by atoms with Crippen LogP contribution in [0.2, 0.25) is 0 Å². The first-order valence-corrected chi connectivity index (χ1v) is 22.8. The van der Waals surface area contributed by atoms with E-state index < -0.39 is 50.3 Å². The molecule has 0 radical (unpaired) electrons. The van der Waals surface area contributed by atoms with Crippen LogP contribution in [-0.4, -0.2) is 65.5 Å². The van der Waals surface area contributed by atoms with E-state index in [-0.39, 0.29) is 60.7 Å². The van der Waals surface area contributed by atoms with Gasteiger partial charge >= 0.3 is 21.6 Å². The summed E-state index contributed by atoms with van der Waals surface area (Å²) in [5, 5.41) is 5.74. The average molecular weight is 870 g/mol. The van der Waals surface area contributed by atoms with Gasteiger partial charge in [0.05, 0.1) is 60.7 Å². The molecule has 14 nitrogen and oxygen atoms in total. The number of carbonyl (C=O) groups is 1. The fourth-order valence-corrected chi connectivity index (χ4v) is 10.9. The van der Waals surface area contributed by atoms with Gasteiger partial charge in [0.2, 0.25) is 5.95 Å². The lowest BCUT2D eigenvalue weighted by Gasteiger charge is -2.35. The highest BCUT2D eigenvalue weighted by molar-refractivity contribution is 7.53. The summed E-state index contributed by atoms with van der Waals surface area (Å²) in [5.74, 6) is -0.787. The molecule has 1 saturated carbocycles. The minimum absolute atomic E-state index is 0.00985. The van der Waals surface area contributed by atoms with Crippen LogP contribution < -0.4 is 15.4 Å². The molecule has 59 heavy (non-hydrogen) atoms. The van der Waals surface area contributed by atoms with Gasteiger partial charge in [0.25, 0.3) is 5.91 Å². The number of aromatic nitrogens is 2. The van der Waals surface area contributed by atoms with Gasteiger partial charge in [-0.15, -0.1) is 0 Å². The van der Waals surface area contributed by atoms with Crippen LogP contribution in [0.15, 0.2) is 36.5 Å². The number of alkyl halides is 3. The summed E-state index contributed by atoms with van der Waals surface area (Å²) < 4.78 is 104. The molecule has 0 atom stereocenters. The number of phosphoric ester groups is 1. The summed E-state index contributed by atoms with van der Waals surface area (Å²) in [6, 6.07) is 8.32. The van der Waals surface area contributed by atoms with Gasteiger partial charge in [0, 0.05) is 19.8 Å². The Kier molecular flexibility index (Phi) is 14.3. The Bertz CT molecular complexity index is 2050. The van der Waals surface area contributed by atoms with Gasteiger partial charge in [0.1, 0.15) is 17.1 Å². The van der Waals surface area contributed by atoms with Gasteiger partial charge < -0.3 is 29.3 Å². The molecule has 1 aliphatic heterocycles. The topological polar surface area (TPSA) is 160 Å². The normalized spacial score (nSPS) is 17.9. The second kappa shape index (κ2) is 18.2.